The molecule has 7 nitrogen and oxygen atoms in total. The normalized spacial score (nSPS) is 16.2. The average Bonchev–Trinajstić information content (AvgIpc) is 3.44. The van der Waals surface area contributed by atoms with Crippen LogP contribution >= 0.6 is 11.6 Å². The number of fused-ring (bicyclic) bond motifs is 1. The van der Waals surface area contributed by atoms with Gasteiger partial charge in [0, 0.05) is 22.3 Å². The second-order valence-electron chi connectivity index (χ2n) is 6.47. The number of carbonyl (C=O) groups is 1. The summed E-state index contributed by atoms with van der Waals surface area (Å²) in [6.45, 7) is 0.702. The molecule has 5 rings (SSSR count). The maximum atomic E-state index is 12.2. The molecule has 0 bridgehead atoms. The van der Waals surface area contributed by atoms with Crippen molar-refractivity contribution in [1.82, 2.24) is 9.78 Å². The summed E-state index contributed by atoms with van der Waals surface area (Å²) in [5.41, 5.74) is 2.54. The molecule has 8 heteroatoms. The van der Waals surface area contributed by atoms with Gasteiger partial charge in [-0.3, -0.25) is 4.68 Å². The van der Waals surface area contributed by atoms with Crippen LogP contribution in [0.5, 0.6) is 11.5 Å². The summed E-state index contributed by atoms with van der Waals surface area (Å²) >= 11 is 6.20. The Morgan fingerprint density at radius 1 is 1.14 bits per heavy atom. The van der Waals surface area contributed by atoms with Gasteiger partial charge < -0.3 is 14.2 Å². The molecular weight excluding hydrogens is 394 g/mol. The zero-order chi connectivity index (χ0) is 19.8. The van der Waals surface area contributed by atoms with E-state index in [-0.39, 0.29) is 18.4 Å². The van der Waals surface area contributed by atoms with Crippen LogP contribution in [0.3, 0.4) is 0 Å². The molecule has 3 heterocycles. The Labute approximate surface area is 170 Å². The molecular formula is C21H14ClN3O4. The molecule has 0 unspecified atom stereocenters. The van der Waals surface area contributed by atoms with Crippen molar-refractivity contribution in [3.05, 3.63) is 82.3 Å². The Hall–Kier alpha value is -3.58. The number of carbonyl (C=O) groups excluding carboxylic acids is 1. The Balaban J connectivity index is 1.37. The first kappa shape index (κ1) is 17.5. The minimum atomic E-state index is -0.517. The molecule has 0 saturated heterocycles. The van der Waals surface area contributed by atoms with Gasteiger partial charge in [-0.15, -0.1) is 0 Å². The first-order valence-electron chi connectivity index (χ1n) is 8.84. The van der Waals surface area contributed by atoms with E-state index < -0.39 is 5.97 Å². The molecule has 0 amide bonds. The van der Waals surface area contributed by atoms with E-state index in [1.54, 1.807) is 35.2 Å². The number of aromatic nitrogens is 2. The number of hydrogen-bond acceptors (Lipinski definition) is 6. The van der Waals surface area contributed by atoms with E-state index in [9.17, 15) is 4.79 Å². The van der Waals surface area contributed by atoms with Gasteiger partial charge in [0.2, 0.25) is 12.7 Å². The number of esters is 1. The molecule has 1 aromatic heterocycles. The molecule has 0 aliphatic carbocycles. The van der Waals surface area contributed by atoms with Gasteiger partial charge in [-0.05, 0) is 35.9 Å². The van der Waals surface area contributed by atoms with Gasteiger partial charge in [0.15, 0.2) is 17.2 Å². The van der Waals surface area contributed by atoms with Gasteiger partial charge in [0.25, 0.3) is 0 Å². The van der Waals surface area contributed by atoms with E-state index in [0.717, 1.165) is 11.1 Å². The number of benzene rings is 2. The van der Waals surface area contributed by atoms with Crippen molar-refractivity contribution in [2.75, 3.05) is 6.79 Å². The summed E-state index contributed by atoms with van der Waals surface area (Å²) in [6.07, 6.45) is 5.11. The number of rotatable bonds is 4. The van der Waals surface area contributed by atoms with Crippen molar-refractivity contribution in [3.8, 4) is 11.5 Å². The van der Waals surface area contributed by atoms with Crippen molar-refractivity contribution < 1.29 is 19.0 Å². The van der Waals surface area contributed by atoms with Crippen molar-refractivity contribution in [2.45, 2.75) is 6.54 Å². The lowest BCUT2D eigenvalue weighted by molar-refractivity contribution is -0.129. The van der Waals surface area contributed by atoms with Crippen LogP contribution < -0.4 is 9.47 Å². The third kappa shape index (κ3) is 3.48. The highest BCUT2D eigenvalue weighted by Crippen LogP contribution is 2.33. The summed E-state index contributed by atoms with van der Waals surface area (Å²) < 4.78 is 17.7. The maximum absolute atomic E-state index is 12.2. The predicted molar refractivity (Wildman–Crippen MR) is 106 cm³/mol. The van der Waals surface area contributed by atoms with Crippen molar-refractivity contribution in [2.24, 2.45) is 4.99 Å². The lowest BCUT2D eigenvalue weighted by atomic mass is 10.2. The SMILES string of the molecule is O=C1OC(c2ccc3c(c2)OCO3)=N/C1=C/c1cnn(Cc2ccccc2Cl)c1. The van der Waals surface area contributed by atoms with E-state index in [4.69, 9.17) is 25.8 Å². The van der Waals surface area contributed by atoms with Gasteiger partial charge in [-0.2, -0.15) is 5.10 Å². The molecule has 0 radical (unpaired) electrons. The van der Waals surface area contributed by atoms with Crippen molar-refractivity contribution in [1.29, 1.82) is 0 Å². The number of ether oxygens (including phenoxy) is 3. The van der Waals surface area contributed by atoms with E-state index in [0.29, 0.717) is 28.6 Å². The second kappa shape index (κ2) is 7.10. The summed E-state index contributed by atoms with van der Waals surface area (Å²) in [5, 5.41) is 5.00. The zero-order valence-corrected chi connectivity index (χ0v) is 15.8. The fraction of sp³-hybridized carbons (Fsp3) is 0.0952. The number of aliphatic imine (C=N–C) groups is 1. The Morgan fingerprint density at radius 3 is 2.90 bits per heavy atom. The molecule has 0 saturated carbocycles. The van der Waals surface area contributed by atoms with Crippen molar-refractivity contribution >= 4 is 29.5 Å². The fourth-order valence-corrected chi connectivity index (χ4v) is 3.26. The topological polar surface area (TPSA) is 74.9 Å². The monoisotopic (exact) mass is 407 g/mol. The van der Waals surface area contributed by atoms with Gasteiger partial charge in [0.05, 0.1) is 12.7 Å². The Bertz CT molecular complexity index is 1180. The zero-order valence-electron chi connectivity index (χ0n) is 15.0. The smallest absolute Gasteiger partial charge is 0.363 e. The lowest BCUT2D eigenvalue weighted by Gasteiger charge is -2.03. The highest BCUT2D eigenvalue weighted by atomic mass is 35.5. The minimum absolute atomic E-state index is 0.175. The standard InChI is InChI=1S/C21H14ClN3O4/c22-16-4-2-1-3-15(16)11-25-10-13(9-23-25)7-17-21(26)29-20(24-17)14-5-6-18-19(8-14)28-12-27-18/h1-10H,11-12H2/b17-7+. The number of cyclic esters (lactones) is 1. The molecule has 0 fully saturated rings. The van der Waals surface area contributed by atoms with E-state index >= 15 is 0 Å². The van der Waals surface area contributed by atoms with Crippen LogP contribution in [0.25, 0.3) is 6.08 Å². The number of hydrogen-bond donors (Lipinski definition) is 0. The summed E-state index contributed by atoms with van der Waals surface area (Å²) in [5.74, 6) is 0.958. The van der Waals surface area contributed by atoms with Gasteiger partial charge in [-0.1, -0.05) is 29.8 Å². The third-order valence-electron chi connectivity index (χ3n) is 4.49. The highest BCUT2D eigenvalue weighted by Gasteiger charge is 2.26. The second-order valence-corrected chi connectivity index (χ2v) is 6.87. The summed E-state index contributed by atoms with van der Waals surface area (Å²) in [4.78, 5) is 16.6. The fourth-order valence-electron chi connectivity index (χ4n) is 3.06. The maximum Gasteiger partial charge on any atom is 0.363 e. The molecule has 29 heavy (non-hydrogen) atoms. The largest absolute Gasteiger partial charge is 0.454 e. The Morgan fingerprint density at radius 2 is 2.00 bits per heavy atom. The first-order valence-corrected chi connectivity index (χ1v) is 9.22. The molecule has 2 aliphatic rings. The lowest BCUT2D eigenvalue weighted by Crippen LogP contribution is -2.05. The van der Waals surface area contributed by atoms with Crippen molar-refractivity contribution in [3.63, 3.8) is 0 Å². The summed E-state index contributed by atoms with van der Waals surface area (Å²) in [6, 6.07) is 12.8. The first-order chi connectivity index (χ1) is 14.2. The molecule has 0 atom stereocenters. The summed E-state index contributed by atoms with van der Waals surface area (Å²) in [7, 11) is 0. The molecule has 0 spiro atoms. The average molecular weight is 408 g/mol. The molecule has 0 N–H and O–H groups in total. The molecule has 2 aromatic carbocycles. The van der Waals surface area contributed by atoms with E-state index in [2.05, 4.69) is 10.1 Å². The number of halogens is 1. The van der Waals surface area contributed by atoms with E-state index in [1.165, 1.54) is 0 Å². The van der Waals surface area contributed by atoms with Crippen LogP contribution in [0.1, 0.15) is 16.7 Å². The van der Waals surface area contributed by atoms with Crippen LogP contribution in [-0.4, -0.2) is 28.4 Å². The predicted octanol–water partition coefficient (Wildman–Crippen LogP) is 3.66. The molecule has 144 valence electrons. The Kier molecular flexibility index (Phi) is 4.29. The van der Waals surface area contributed by atoms with Crippen LogP contribution in [0.4, 0.5) is 0 Å². The highest BCUT2D eigenvalue weighted by molar-refractivity contribution is 6.31. The van der Waals surface area contributed by atoms with E-state index in [1.807, 2.05) is 30.5 Å². The van der Waals surface area contributed by atoms with Gasteiger partial charge >= 0.3 is 5.97 Å². The van der Waals surface area contributed by atoms with Crippen LogP contribution in [0.2, 0.25) is 5.02 Å². The van der Waals surface area contributed by atoms with Crippen LogP contribution in [-0.2, 0) is 16.1 Å². The molecule has 3 aromatic rings. The van der Waals surface area contributed by atoms with Crippen LogP contribution in [0.15, 0.2) is 65.5 Å². The van der Waals surface area contributed by atoms with Gasteiger partial charge in [-0.25, -0.2) is 9.79 Å². The quantitative estimate of drug-likeness (QED) is 0.487. The molecule has 2 aliphatic heterocycles. The minimum Gasteiger partial charge on any atom is -0.454 e. The number of nitrogens with zero attached hydrogens (tertiary/aromatic N) is 3. The van der Waals surface area contributed by atoms with Gasteiger partial charge in [0.1, 0.15) is 0 Å². The van der Waals surface area contributed by atoms with Crippen LogP contribution in [0, 0.1) is 0 Å². The third-order valence-corrected chi connectivity index (χ3v) is 4.86.